The highest BCUT2D eigenvalue weighted by Crippen LogP contribution is 2.28. The number of amides is 1. The van der Waals surface area contributed by atoms with Gasteiger partial charge in [0.1, 0.15) is 5.82 Å². The Hall–Kier alpha value is -3.01. The summed E-state index contributed by atoms with van der Waals surface area (Å²) < 4.78 is 0. The minimum atomic E-state index is -0.200. The lowest BCUT2D eigenvalue weighted by atomic mass is 9.90. The molecule has 0 aliphatic carbocycles. The summed E-state index contributed by atoms with van der Waals surface area (Å²) in [6.07, 6.45) is 2.28. The average Bonchev–Trinajstić information content (AvgIpc) is 2.61. The molecule has 0 aliphatic heterocycles. The van der Waals surface area contributed by atoms with E-state index >= 15 is 0 Å². The normalized spacial score (nSPS) is 11.9. The largest absolute Gasteiger partial charge is 0.310 e. The second-order valence-electron chi connectivity index (χ2n) is 6.22. The quantitative estimate of drug-likeness (QED) is 0.639. The molecule has 1 atom stereocenters. The van der Waals surface area contributed by atoms with E-state index in [9.17, 15) is 4.79 Å². The van der Waals surface area contributed by atoms with Crippen LogP contribution in [0, 0.1) is 5.41 Å². The van der Waals surface area contributed by atoms with Gasteiger partial charge in [0.15, 0.2) is 0 Å². The van der Waals surface area contributed by atoms with Crippen molar-refractivity contribution in [2.45, 2.75) is 25.7 Å². The van der Waals surface area contributed by atoms with E-state index < -0.39 is 0 Å². The first-order valence-corrected chi connectivity index (χ1v) is 8.38. The van der Waals surface area contributed by atoms with Crippen LogP contribution in [0.2, 0.25) is 0 Å². The minimum Gasteiger partial charge on any atom is -0.310 e. The monoisotopic (exact) mass is 331 g/mol. The Kier molecular flexibility index (Phi) is 5.19. The van der Waals surface area contributed by atoms with Crippen LogP contribution in [-0.2, 0) is 4.79 Å². The fourth-order valence-electron chi connectivity index (χ4n) is 3.05. The maximum Gasteiger partial charge on any atom is 0.231 e. The summed E-state index contributed by atoms with van der Waals surface area (Å²) in [5.74, 6) is 0.498. The van der Waals surface area contributed by atoms with E-state index in [2.05, 4.69) is 41.5 Å². The second kappa shape index (κ2) is 7.71. The van der Waals surface area contributed by atoms with Gasteiger partial charge in [-0.1, -0.05) is 55.5 Å². The molecule has 0 spiro atoms. The zero-order valence-corrected chi connectivity index (χ0v) is 14.2. The third-order valence-electron chi connectivity index (χ3n) is 4.21. The Morgan fingerprint density at radius 1 is 1.08 bits per heavy atom. The van der Waals surface area contributed by atoms with Crippen molar-refractivity contribution < 1.29 is 4.79 Å². The van der Waals surface area contributed by atoms with Gasteiger partial charge in [-0.2, -0.15) is 0 Å². The Morgan fingerprint density at radius 2 is 1.84 bits per heavy atom. The Morgan fingerprint density at radius 3 is 2.64 bits per heavy atom. The van der Waals surface area contributed by atoms with E-state index in [4.69, 9.17) is 5.41 Å². The molecule has 3 rings (SSSR count). The van der Waals surface area contributed by atoms with E-state index in [1.807, 2.05) is 24.3 Å². The molecular weight excluding hydrogens is 310 g/mol. The molecule has 1 unspecified atom stereocenters. The van der Waals surface area contributed by atoms with Crippen molar-refractivity contribution in [1.82, 2.24) is 4.98 Å². The summed E-state index contributed by atoms with van der Waals surface area (Å²) >= 11 is 0. The number of nitrogens with one attached hydrogen (secondary N) is 2. The second-order valence-corrected chi connectivity index (χ2v) is 6.22. The van der Waals surface area contributed by atoms with Crippen LogP contribution < -0.4 is 5.32 Å². The SMILES string of the molecule is CC(CC(=N)CC(=O)Nc1ccccn1)c1cccc2ccccc12. The zero-order valence-electron chi connectivity index (χ0n) is 14.2. The molecule has 0 saturated heterocycles. The molecule has 0 saturated carbocycles. The number of benzene rings is 2. The number of hydrogen-bond donors (Lipinski definition) is 2. The molecule has 2 aromatic carbocycles. The van der Waals surface area contributed by atoms with Crippen molar-refractivity contribution in [1.29, 1.82) is 5.41 Å². The number of fused-ring (bicyclic) bond motifs is 1. The van der Waals surface area contributed by atoms with Crippen LogP contribution in [0.3, 0.4) is 0 Å². The first-order valence-electron chi connectivity index (χ1n) is 8.38. The third kappa shape index (κ3) is 4.29. The van der Waals surface area contributed by atoms with Crippen LogP contribution >= 0.6 is 0 Å². The molecule has 0 bridgehead atoms. The molecule has 3 aromatic rings. The molecule has 1 aromatic heterocycles. The van der Waals surface area contributed by atoms with Crippen molar-refractivity contribution in [2.24, 2.45) is 0 Å². The van der Waals surface area contributed by atoms with Crippen LogP contribution in [-0.4, -0.2) is 16.6 Å². The average molecular weight is 331 g/mol. The first-order chi connectivity index (χ1) is 12.1. The highest BCUT2D eigenvalue weighted by molar-refractivity contribution is 6.05. The molecule has 25 heavy (non-hydrogen) atoms. The number of hydrogen-bond acceptors (Lipinski definition) is 3. The summed E-state index contributed by atoms with van der Waals surface area (Å²) in [6, 6.07) is 19.9. The molecule has 1 heterocycles. The fourth-order valence-corrected chi connectivity index (χ4v) is 3.05. The lowest BCUT2D eigenvalue weighted by molar-refractivity contribution is -0.115. The Labute approximate surface area is 147 Å². The maximum absolute atomic E-state index is 12.1. The van der Waals surface area contributed by atoms with Gasteiger partial charge in [-0.15, -0.1) is 0 Å². The number of rotatable bonds is 6. The van der Waals surface area contributed by atoms with Crippen LogP contribution in [0.25, 0.3) is 10.8 Å². The van der Waals surface area contributed by atoms with E-state index in [0.29, 0.717) is 18.0 Å². The molecule has 4 heteroatoms. The van der Waals surface area contributed by atoms with Crippen molar-refractivity contribution in [3.05, 3.63) is 72.4 Å². The van der Waals surface area contributed by atoms with Gasteiger partial charge in [0.2, 0.25) is 5.91 Å². The summed E-state index contributed by atoms with van der Waals surface area (Å²) in [5, 5.41) is 13.3. The number of anilines is 1. The lowest BCUT2D eigenvalue weighted by Crippen LogP contribution is -2.17. The number of nitrogens with zero attached hydrogens (tertiary/aromatic N) is 1. The van der Waals surface area contributed by atoms with Gasteiger partial charge in [-0.05, 0) is 40.8 Å². The number of carbonyl (C=O) groups is 1. The molecule has 1 amide bonds. The molecule has 2 N–H and O–H groups in total. The summed E-state index contributed by atoms with van der Waals surface area (Å²) in [4.78, 5) is 16.1. The zero-order chi connectivity index (χ0) is 17.6. The van der Waals surface area contributed by atoms with Crippen molar-refractivity contribution >= 4 is 28.2 Å². The van der Waals surface area contributed by atoms with Gasteiger partial charge >= 0.3 is 0 Å². The number of carbonyl (C=O) groups excluding carboxylic acids is 1. The predicted octanol–water partition coefficient (Wildman–Crippen LogP) is 4.78. The van der Waals surface area contributed by atoms with Gasteiger partial charge in [-0.3, -0.25) is 4.79 Å². The smallest absolute Gasteiger partial charge is 0.231 e. The van der Waals surface area contributed by atoms with Gasteiger partial charge in [0.25, 0.3) is 0 Å². The van der Waals surface area contributed by atoms with Gasteiger partial charge < -0.3 is 10.7 Å². The molecule has 126 valence electrons. The first kappa shape index (κ1) is 16.8. The maximum atomic E-state index is 12.1. The van der Waals surface area contributed by atoms with Gasteiger partial charge in [0, 0.05) is 11.9 Å². The van der Waals surface area contributed by atoms with Crippen LogP contribution in [0.15, 0.2) is 66.9 Å². The third-order valence-corrected chi connectivity index (χ3v) is 4.21. The van der Waals surface area contributed by atoms with Crippen LogP contribution in [0.5, 0.6) is 0 Å². The molecule has 0 aliphatic rings. The lowest BCUT2D eigenvalue weighted by Gasteiger charge is -2.15. The van der Waals surface area contributed by atoms with E-state index in [1.54, 1.807) is 18.3 Å². The van der Waals surface area contributed by atoms with E-state index in [-0.39, 0.29) is 18.2 Å². The fraction of sp³-hybridized carbons (Fsp3) is 0.190. The van der Waals surface area contributed by atoms with E-state index in [0.717, 1.165) is 0 Å². The minimum absolute atomic E-state index is 0.0890. The Balaban J connectivity index is 1.63. The van der Waals surface area contributed by atoms with Crippen molar-refractivity contribution in [3.8, 4) is 0 Å². The summed E-state index contributed by atoms with van der Waals surface area (Å²) in [7, 11) is 0. The number of pyridine rings is 1. The standard InChI is InChI=1S/C21H21N3O/c1-15(18-10-6-8-16-7-2-3-9-19(16)18)13-17(22)14-21(25)24-20-11-4-5-12-23-20/h2-12,15,22H,13-14H2,1H3,(H,23,24,25). The molecule has 4 nitrogen and oxygen atoms in total. The Bertz CT molecular complexity index is 885. The molecule has 0 radical (unpaired) electrons. The van der Waals surface area contributed by atoms with Gasteiger partial charge in [-0.25, -0.2) is 4.98 Å². The topological polar surface area (TPSA) is 65.8 Å². The summed E-state index contributed by atoms with van der Waals surface area (Å²) in [5.41, 5.74) is 1.64. The van der Waals surface area contributed by atoms with E-state index in [1.165, 1.54) is 16.3 Å². The molecule has 0 fully saturated rings. The molecular formula is C21H21N3O. The van der Waals surface area contributed by atoms with Crippen LogP contribution in [0.1, 0.15) is 31.2 Å². The van der Waals surface area contributed by atoms with Gasteiger partial charge in [0.05, 0.1) is 6.42 Å². The highest BCUT2D eigenvalue weighted by atomic mass is 16.1. The van der Waals surface area contributed by atoms with Crippen molar-refractivity contribution in [2.75, 3.05) is 5.32 Å². The van der Waals surface area contributed by atoms with Crippen LogP contribution in [0.4, 0.5) is 5.82 Å². The van der Waals surface area contributed by atoms with Crippen molar-refractivity contribution in [3.63, 3.8) is 0 Å². The highest BCUT2D eigenvalue weighted by Gasteiger charge is 2.14. The predicted molar refractivity (Wildman–Crippen MR) is 102 cm³/mol. The summed E-state index contributed by atoms with van der Waals surface area (Å²) in [6.45, 7) is 2.10. The number of aromatic nitrogens is 1.